The standard InChI is InChI=1S/C14H13F3N4O2.CHF3O.CH4O/c15-14(16,17)23-9-2-3-10-11(6-9)19-8-20-13(10)18-7-12(22)21-4-1-5-21;2-1(3,4)5;1-2/h2-3,6,8H,1,4-5,7H2,(H,18,19,20);5H;2H,1H3. The van der Waals surface area contributed by atoms with E-state index in [2.05, 4.69) is 20.0 Å². The topological polar surface area (TPSA) is 108 Å². The normalized spacial score (nSPS) is 13.3. The molecule has 2 aromatic rings. The molecule has 1 aromatic carbocycles. The van der Waals surface area contributed by atoms with Gasteiger partial charge in [0.25, 0.3) is 0 Å². The number of fused-ring (bicyclic) bond motifs is 1. The Morgan fingerprint density at radius 3 is 2.27 bits per heavy atom. The number of halogens is 6. The van der Waals surface area contributed by atoms with Gasteiger partial charge in [-0.1, -0.05) is 0 Å². The van der Waals surface area contributed by atoms with Crippen molar-refractivity contribution in [3.63, 3.8) is 0 Å². The van der Waals surface area contributed by atoms with Crippen molar-refractivity contribution in [3.05, 3.63) is 24.5 Å². The lowest BCUT2D eigenvalue weighted by Gasteiger charge is -2.31. The summed E-state index contributed by atoms with van der Waals surface area (Å²) in [4.78, 5) is 21.5. The number of carbonyl (C=O) groups excluding carboxylic acids is 1. The Kier molecular flexibility index (Phi) is 9.04. The number of aromatic nitrogens is 2. The third-order valence-corrected chi connectivity index (χ3v) is 3.46. The Balaban J connectivity index is 0.000000565. The van der Waals surface area contributed by atoms with Gasteiger partial charge in [-0.05, 0) is 18.6 Å². The largest absolute Gasteiger partial charge is 0.573 e. The van der Waals surface area contributed by atoms with Gasteiger partial charge < -0.3 is 25.2 Å². The van der Waals surface area contributed by atoms with Crippen LogP contribution in [0.5, 0.6) is 5.75 Å². The maximum absolute atomic E-state index is 12.2. The zero-order chi connectivity index (χ0) is 22.9. The molecule has 3 N–H and O–H groups in total. The van der Waals surface area contributed by atoms with Crippen LogP contribution >= 0.6 is 0 Å². The molecule has 14 heteroatoms. The molecule has 1 aromatic heterocycles. The summed E-state index contributed by atoms with van der Waals surface area (Å²) in [6.07, 6.45) is -7.54. The quantitative estimate of drug-likeness (QED) is 0.621. The number of ether oxygens (including phenoxy) is 1. The Hall–Kier alpha value is -2.87. The van der Waals surface area contributed by atoms with Crippen molar-refractivity contribution in [2.75, 3.05) is 32.1 Å². The van der Waals surface area contributed by atoms with Crippen LogP contribution in [0.1, 0.15) is 6.42 Å². The molecular weight excluding hydrogens is 426 g/mol. The molecule has 3 rings (SSSR count). The predicted molar refractivity (Wildman–Crippen MR) is 92.3 cm³/mol. The smallest absolute Gasteiger partial charge is 0.406 e. The van der Waals surface area contributed by atoms with Crippen molar-refractivity contribution < 1.29 is 46.1 Å². The monoisotopic (exact) mass is 444 g/mol. The number of benzene rings is 1. The molecule has 1 fully saturated rings. The first kappa shape index (κ1) is 25.2. The Morgan fingerprint density at radius 1 is 1.17 bits per heavy atom. The molecule has 1 aliphatic heterocycles. The highest BCUT2D eigenvalue weighted by Gasteiger charge is 2.31. The van der Waals surface area contributed by atoms with Gasteiger partial charge in [-0.25, -0.2) is 9.97 Å². The van der Waals surface area contributed by atoms with E-state index in [9.17, 15) is 31.1 Å². The lowest BCUT2D eigenvalue weighted by Crippen LogP contribution is -2.44. The average Bonchev–Trinajstić information content (AvgIpc) is 2.57. The van der Waals surface area contributed by atoms with Crippen molar-refractivity contribution in [1.29, 1.82) is 0 Å². The fourth-order valence-electron chi connectivity index (χ4n) is 2.21. The molecule has 8 nitrogen and oxygen atoms in total. The van der Waals surface area contributed by atoms with Crippen molar-refractivity contribution in [3.8, 4) is 5.75 Å². The Bertz CT molecular complexity index is 821. The van der Waals surface area contributed by atoms with Crippen LogP contribution < -0.4 is 10.1 Å². The minimum atomic E-state index is -5.00. The van der Waals surface area contributed by atoms with E-state index in [1.165, 1.54) is 24.5 Å². The summed E-state index contributed by atoms with van der Waals surface area (Å²) in [5.74, 6) is -0.00576. The second-order valence-corrected chi connectivity index (χ2v) is 5.50. The third kappa shape index (κ3) is 9.09. The summed E-state index contributed by atoms with van der Waals surface area (Å²) in [6.45, 7) is 1.58. The van der Waals surface area contributed by atoms with E-state index in [4.69, 9.17) is 10.2 Å². The number of nitrogens with zero attached hydrogens (tertiary/aromatic N) is 3. The van der Waals surface area contributed by atoms with Crippen LogP contribution in [0.25, 0.3) is 10.9 Å². The molecule has 0 aliphatic carbocycles. The second kappa shape index (κ2) is 10.8. The van der Waals surface area contributed by atoms with E-state index in [1.807, 2.05) is 0 Å². The van der Waals surface area contributed by atoms with Gasteiger partial charge in [0.1, 0.15) is 17.9 Å². The summed E-state index contributed by atoms with van der Waals surface area (Å²) in [5.41, 5.74) is 0.292. The highest BCUT2D eigenvalue weighted by Crippen LogP contribution is 2.27. The first-order valence-corrected chi connectivity index (χ1v) is 8.18. The number of aliphatic hydroxyl groups excluding tert-OH is 1. The molecular formula is C16H18F6N4O4. The maximum atomic E-state index is 12.2. The lowest BCUT2D eigenvalue weighted by molar-refractivity contribution is -0.295. The molecule has 1 aliphatic rings. The zero-order valence-electron chi connectivity index (χ0n) is 15.5. The van der Waals surface area contributed by atoms with E-state index in [0.29, 0.717) is 16.7 Å². The first-order valence-electron chi connectivity index (χ1n) is 8.18. The van der Waals surface area contributed by atoms with Crippen molar-refractivity contribution >= 4 is 22.6 Å². The molecule has 168 valence electrons. The van der Waals surface area contributed by atoms with Crippen LogP contribution in [0.15, 0.2) is 24.5 Å². The number of hydrogen-bond acceptors (Lipinski definition) is 7. The Labute approximate surface area is 166 Å². The molecule has 0 bridgehead atoms. The number of nitrogens with one attached hydrogen (secondary N) is 1. The van der Waals surface area contributed by atoms with Gasteiger partial charge in [0.2, 0.25) is 5.91 Å². The highest BCUT2D eigenvalue weighted by molar-refractivity contribution is 5.91. The minimum absolute atomic E-state index is 0.0416. The summed E-state index contributed by atoms with van der Waals surface area (Å²) >= 11 is 0. The zero-order valence-corrected chi connectivity index (χ0v) is 15.5. The molecule has 2 heterocycles. The fourth-order valence-corrected chi connectivity index (χ4v) is 2.21. The SMILES string of the molecule is CO.O=C(CNc1ncnc2cc(OC(F)(F)F)ccc12)N1CCC1.OC(F)(F)F. The molecule has 30 heavy (non-hydrogen) atoms. The van der Waals surface area contributed by atoms with Crippen LogP contribution in [0, 0.1) is 0 Å². The maximum Gasteiger partial charge on any atom is 0.573 e. The number of rotatable bonds is 4. The number of hydrogen-bond donors (Lipinski definition) is 3. The molecule has 0 saturated carbocycles. The van der Waals surface area contributed by atoms with Gasteiger partial charge >= 0.3 is 12.7 Å². The van der Waals surface area contributed by atoms with E-state index in [-0.39, 0.29) is 18.2 Å². The number of amides is 1. The third-order valence-electron chi connectivity index (χ3n) is 3.46. The minimum Gasteiger partial charge on any atom is -0.406 e. The molecule has 0 unspecified atom stereocenters. The Morgan fingerprint density at radius 2 is 1.77 bits per heavy atom. The second-order valence-electron chi connectivity index (χ2n) is 5.50. The summed E-state index contributed by atoms with van der Waals surface area (Å²) in [6, 6.07) is 3.78. The van der Waals surface area contributed by atoms with Crippen LogP contribution in [-0.4, -0.2) is 70.5 Å². The van der Waals surface area contributed by atoms with Crippen LogP contribution in [0.2, 0.25) is 0 Å². The molecule has 0 atom stereocenters. The van der Waals surface area contributed by atoms with Gasteiger partial charge in [0, 0.05) is 31.7 Å². The fraction of sp³-hybridized carbons (Fsp3) is 0.438. The number of aliphatic hydroxyl groups is 2. The lowest BCUT2D eigenvalue weighted by atomic mass is 10.2. The van der Waals surface area contributed by atoms with E-state index >= 15 is 0 Å². The van der Waals surface area contributed by atoms with Gasteiger partial charge in [-0.2, -0.15) is 0 Å². The number of likely N-dealkylation sites (tertiary alicyclic amines) is 1. The molecule has 1 saturated heterocycles. The molecule has 0 radical (unpaired) electrons. The van der Waals surface area contributed by atoms with Crippen LogP contribution in [0.4, 0.5) is 32.2 Å². The first-order chi connectivity index (χ1) is 13.9. The van der Waals surface area contributed by atoms with Gasteiger partial charge in [0.05, 0.1) is 12.1 Å². The molecule has 0 spiro atoms. The van der Waals surface area contributed by atoms with Crippen molar-refractivity contribution in [2.45, 2.75) is 19.1 Å². The highest BCUT2D eigenvalue weighted by atomic mass is 19.4. The number of carbonyl (C=O) groups is 1. The summed E-state index contributed by atoms with van der Waals surface area (Å²) in [5, 5.41) is 16.9. The average molecular weight is 444 g/mol. The van der Waals surface area contributed by atoms with E-state index in [1.54, 1.807) is 4.90 Å². The van der Waals surface area contributed by atoms with Crippen molar-refractivity contribution in [1.82, 2.24) is 14.9 Å². The van der Waals surface area contributed by atoms with Gasteiger partial charge in [-0.15, -0.1) is 26.3 Å². The van der Waals surface area contributed by atoms with Gasteiger partial charge in [-0.3, -0.25) is 4.79 Å². The van der Waals surface area contributed by atoms with Crippen LogP contribution in [0.3, 0.4) is 0 Å². The van der Waals surface area contributed by atoms with Crippen molar-refractivity contribution in [2.24, 2.45) is 0 Å². The van der Waals surface area contributed by atoms with Gasteiger partial charge in [0.15, 0.2) is 0 Å². The molecule has 1 amide bonds. The van der Waals surface area contributed by atoms with E-state index < -0.39 is 12.7 Å². The number of alkyl halides is 6. The summed E-state index contributed by atoms with van der Waals surface area (Å²) in [7, 11) is 1.00. The summed E-state index contributed by atoms with van der Waals surface area (Å²) < 4.78 is 70.3. The predicted octanol–water partition coefficient (Wildman–Crippen LogP) is 2.28. The van der Waals surface area contributed by atoms with Crippen LogP contribution in [-0.2, 0) is 4.79 Å². The number of anilines is 1. The van der Waals surface area contributed by atoms with E-state index in [0.717, 1.165) is 26.6 Å².